The van der Waals surface area contributed by atoms with Crippen LogP contribution in [0.2, 0.25) is 0 Å². The number of hydrogen-bond donors (Lipinski definition) is 1. The van der Waals surface area contributed by atoms with Crippen molar-refractivity contribution in [2.45, 2.75) is 26.2 Å². The van der Waals surface area contributed by atoms with Gasteiger partial charge in [-0.15, -0.1) is 0 Å². The van der Waals surface area contributed by atoms with Gasteiger partial charge in [0.2, 0.25) is 0 Å². The maximum Gasteiger partial charge on any atom is 0.133 e. The topological polar surface area (TPSA) is 49.2 Å². The van der Waals surface area contributed by atoms with Gasteiger partial charge >= 0.3 is 0 Å². The Hall–Kier alpha value is -0.680. The van der Waals surface area contributed by atoms with Gasteiger partial charge in [0.1, 0.15) is 16.2 Å². The summed E-state index contributed by atoms with van der Waals surface area (Å²) in [6, 6.07) is 1.97. The number of aliphatic hydroxyl groups excluding tert-OH is 1. The summed E-state index contributed by atoms with van der Waals surface area (Å²) in [6.45, 7) is 4.31. The fraction of sp³-hybridized carbons (Fsp3) is 0.667. The second-order valence-electron chi connectivity index (χ2n) is 4.43. The number of nitrogens with zero attached hydrogens (tertiary/aromatic N) is 3. The second-order valence-corrected chi connectivity index (χ2v) is 5.24. The first-order chi connectivity index (χ1) is 8.22. The lowest BCUT2D eigenvalue weighted by Crippen LogP contribution is -2.35. The third-order valence-electron chi connectivity index (χ3n) is 3.24. The highest BCUT2D eigenvalue weighted by Gasteiger charge is 2.20. The second kappa shape index (κ2) is 5.78. The van der Waals surface area contributed by atoms with Gasteiger partial charge in [-0.3, -0.25) is 0 Å². The van der Waals surface area contributed by atoms with E-state index in [0.29, 0.717) is 12.5 Å². The third kappa shape index (κ3) is 3.16. The maximum atomic E-state index is 9.12. The number of anilines is 1. The van der Waals surface area contributed by atoms with Crippen LogP contribution in [-0.4, -0.2) is 34.8 Å². The smallest absolute Gasteiger partial charge is 0.133 e. The van der Waals surface area contributed by atoms with Crippen molar-refractivity contribution in [2.24, 2.45) is 5.92 Å². The van der Waals surface area contributed by atoms with Crippen LogP contribution < -0.4 is 4.90 Å². The van der Waals surface area contributed by atoms with Gasteiger partial charge in [-0.25, -0.2) is 9.97 Å². The molecule has 0 radical (unpaired) electrons. The van der Waals surface area contributed by atoms with Crippen LogP contribution in [0.5, 0.6) is 0 Å². The Kier molecular flexibility index (Phi) is 4.34. The fourth-order valence-electron chi connectivity index (χ4n) is 2.12. The summed E-state index contributed by atoms with van der Waals surface area (Å²) in [4.78, 5) is 11.1. The quantitative estimate of drug-likeness (QED) is 0.868. The van der Waals surface area contributed by atoms with Crippen molar-refractivity contribution in [2.75, 3.05) is 24.6 Å². The molecule has 0 unspecified atom stereocenters. The first-order valence-corrected chi connectivity index (χ1v) is 6.91. The highest BCUT2D eigenvalue weighted by atomic mass is 79.9. The third-order valence-corrected chi connectivity index (χ3v) is 3.65. The van der Waals surface area contributed by atoms with Gasteiger partial charge < -0.3 is 10.0 Å². The minimum absolute atomic E-state index is 0.307. The molecule has 5 heteroatoms. The summed E-state index contributed by atoms with van der Waals surface area (Å²) < 4.78 is 0.851. The molecule has 2 heterocycles. The van der Waals surface area contributed by atoms with Crippen LogP contribution in [-0.2, 0) is 6.42 Å². The van der Waals surface area contributed by atoms with Gasteiger partial charge in [-0.05, 0) is 34.7 Å². The van der Waals surface area contributed by atoms with Crippen molar-refractivity contribution in [3.05, 3.63) is 16.5 Å². The molecule has 17 heavy (non-hydrogen) atoms. The Labute approximate surface area is 110 Å². The molecule has 0 bridgehead atoms. The van der Waals surface area contributed by atoms with Crippen molar-refractivity contribution in [1.29, 1.82) is 0 Å². The molecule has 0 spiro atoms. The Balaban J connectivity index is 2.10. The van der Waals surface area contributed by atoms with Crippen LogP contribution in [0.1, 0.15) is 25.6 Å². The number of aryl methyl sites for hydroxylation is 1. The summed E-state index contributed by atoms with van der Waals surface area (Å²) in [5.74, 6) is 2.33. The fourth-order valence-corrected chi connectivity index (χ4v) is 2.53. The van der Waals surface area contributed by atoms with Crippen molar-refractivity contribution >= 4 is 21.7 Å². The molecule has 0 saturated carbocycles. The standard InChI is InChI=1S/C12H18BrN3O/c1-2-11-14-10(13)7-12(15-11)16-5-3-9(8-17)4-6-16/h7,9,17H,2-6,8H2,1H3. The molecule has 2 rings (SSSR count). The molecule has 0 amide bonds. The number of aliphatic hydroxyl groups is 1. The van der Waals surface area contributed by atoms with E-state index < -0.39 is 0 Å². The zero-order chi connectivity index (χ0) is 12.3. The largest absolute Gasteiger partial charge is 0.396 e. The average molecular weight is 300 g/mol. The summed E-state index contributed by atoms with van der Waals surface area (Å²) >= 11 is 3.43. The van der Waals surface area contributed by atoms with Crippen molar-refractivity contribution in [1.82, 2.24) is 9.97 Å². The number of halogens is 1. The summed E-state index contributed by atoms with van der Waals surface area (Å²) in [5.41, 5.74) is 0. The average Bonchev–Trinajstić information content (AvgIpc) is 2.38. The van der Waals surface area contributed by atoms with Crippen molar-refractivity contribution in [3.8, 4) is 0 Å². The van der Waals surface area contributed by atoms with E-state index in [1.165, 1.54) is 0 Å². The molecule has 4 nitrogen and oxygen atoms in total. The first kappa shape index (κ1) is 12.8. The summed E-state index contributed by atoms with van der Waals surface area (Å²) in [5, 5.41) is 9.12. The van der Waals surface area contributed by atoms with E-state index in [2.05, 4.69) is 37.7 Å². The molecular weight excluding hydrogens is 282 g/mol. The van der Waals surface area contributed by atoms with E-state index in [1.807, 2.05) is 6.07 Å². The van der Waals surface area contributed by atoms with Gasteiger partial charge in [0, 0.05) is 32.2 Å². The van der Waals surface area contributed by atoms with E-state index in [9.17, 15) is 0 Å². The summed E-state index contributed by atoms with van der Waals surface area (Å²) in [6.07, 6.45) is 2.93. The lowest BCUT2D eigenvalue weighted by Gasteiger charge is -2.32. The van der Waals surface area contributed by atoms with Gasteiger partial charge in [-0.1, -0.05) is 6.92 Å². The van der Waals surface area contributed by atoms with Crippen LogP contribution in [0.25, 0.3) is 0 Å². The molecule has 1 N–H and O–H groups in total. The van der Waals surface area contributed by atoms with Crippen LogP contribution in [0, 0.1) is 5.92 Å². The lowest BCUT2D eigenvalue weighted by molar-refractivity contribution is 0.202. The Morgan fingerprint density at radius 3 is 2.71 bits per heavy atom. The first-order valence-electron chi connectivity index (χ1n) is 6.12. The normalized spacial score (nSPS) is 17.5. The monoisotopic (exact) mass is 299 g/mol. The SMILES string of the molecule is CCc1nc(Br)cc(N2CCC(CO)CC2)n1. The Bertz CT molecular complexity index is 378. The predicted molar refractivity (Wildman–Crippen MR) is 71.1 cm³/mol. The van der Waals surface area contributed by atoms with Gasteiger partial charge in [0.25, 0.3) is 0 Å². The van der Waals surface area contributed by atoms with Crippen LogP contribution in [0.15, 0.2) is 10.7 Å². The molecule has 0 atom stereocenters. The van der Waals surface area contributed by atoms with E-state index in [-0.39, 0.29) is 0 Å². The molecule has 1 aromatic rings. The van der Waals surface area contributed by atoms with Gasteiger partial charge in [0.15, 0.2) is 0 Å². The van der Waals surface area contributed by atoms with E-state index in [1.54, 1.807) is 0 Å². The molecular formula is C12H18BrN3O. The van der Waals surface area contributed by atoms with Crippen molar-refractivity contribution < 1.29 is 5.11 Å². The Morgan fingerprint density at radius 2 is 2.12 bits per heavy atom. The molecule has 1 saturated heterocycles. The number of hydrogen-bond acceptors (Lipinski definition) is 4. The zero-order valence-corrected chi connectivity index (χ0v) is 11.7. The zero-order valence-electron chi connectivity index (χ0n) is 10.1. The van der Waals surface area contributed by atoms with E-state index >= 15 is 0 Å². The highest BCUT2D eigenvalue weighted by molar-refractivity contribution is 9.10. The highest BCUT2D eigenvalue weighted by Crippen LogP contribution is 2.23. The van der Waals surface area contributed by atoms with Crippen LogP contribution in [0.4, 0.5) is 5.82 Å². The minimum atomic E-state index is 0.307. The van der Waals surface area contributed by atoms with Crippen LogP contribution >= 0.6 is 15.9 Å². The Morgan fingerprint density at radius 1 is 1.41 bits per heavy atom. The molecule has 1 aromatic heterocycles. The van der Waals surface area contributed by atoms with E-state index in [0.717, 1.165) is 48.6 Å². The number of aromatic nitrogens is 2. The molecule has 1 fully saturated rings. The lowest BCUT2D eigenvalue weighted by atomic mass is 9.98. The molecule has 1 aliphatic rings. The molecule has 1 aliphatic heterocycles. The number of piperidine rings is 1. The molecule has 94 valence electrons. The number of rotatable bonds is 3. The van der Waals surface area contributed by atoms with E-state index in [4.69, 9.17) is 5.11 Å². The predicted octanol–water partition coefficient (Wildman–Crippen LogP) is 2.01. The van der Waals surface area contributed by atoms with Gasteiger partial charge in [0.05, 0.1) is 0 Å². The minimum Gasteiger partial charge on any atom is -0.396 e. The summed E-state index contributed by atoms with van der Waals surface area (Å²) in [7, 11) is 0. The maximum absolute atomic E-state index is 9.12. The molecule has 0 aliphatic carbocycles. The molecule has 0 aromatic carbocycles. The van der Waals surface area contributed by atoms with Gasteiger partial charge in [-0.2, -0.15) is 0 Å². The van der Waals surface area contributed by atoms with Crippen LogP contribution in [0.3, 0.4) is 0 Å². The van der Waals surface area contributed by atoms with Crippen molar-refractivity contribution in [3.63, 3.8) is 0 Å².